The highest BCUT2D eigenvalue weighted by atomic mass is 16.6. The maximum absolute atomic E-state index is 14.1. The number of aliphatic hydroxyl groups is 1. The summed E-state index contributed by atoms with van der Waals surface area (Å²) in [6.07, 6.45) is 4.53. The first kappa shape index (κ1) is 23.3. The normalized spacial score (nSPS) is 41.4. The summed E-state index contributed by atoms with van der Waals surface area (Å²) < 4.78 is 5.52. The van der Waals surface area contributed by atoms with Crippen molar-refractivity contribution in [3.05, 3.63) is 0 Å². The molecule has 8 heteroatoms. The molecular weight excluding hydrogens is 410 g/mol. The quantitative estimate of drug-likeness (QED) is 0.608. The van der Waals surface area contributed by atoms with Crippen LogP contribution in [0.5, 0.6) is 0 Å². The van der Waals surface area contributed by atoms with Crippen molar-refractivity contribution in [3.63, 3.8) is 0 Å². The van der Waals surface area contributed by atoms with Gasteiger partial charge in [-0.1, -0.05) is 6.92 Å². The van der Waals surface area contributed by atoms with Gasteiger partial charge in [0.25, 0.3) is 0 Å². The number of amides is 3. The average molecular weight is 450 g/mol. The number of alkyl carbamates (subject to hydrolysis) is 1. The number of ether oxygens (including phenoxy) is 1. The molecule has 0 aromatic rings. The Bertz CT molecular complexity index is 792. The second kappa shape index (κ2) is 7.61. The van der Waals surface area contributed by atoms with E-state index in [1.807, 2.05) is 13.8 Å². The molecule has 32 heavy (non-hydrogen) atoms. The monoisotopic (exact) mass is 449 g/mol. The number of hydrogen-bond acceptors (Lipinski definition) is 5. The Hall–Kier alpha value is -1.83. The lowest BCUT2D eigenvalue weighted by molar-refractivity contribution is -0.181. The Kier molecular flexibility index (Phi) is 5.55. The molecule has 8 nitrogen and oxygen atoms in total. The lowest BCUT2D eigenvalue weighted by Crippen LogP contribution is -2.67. The molecule has 1 saturated heterocycles. The molecule has 4 unspecified atom stereocenters. The maximum Gasteiger partial charge on any atom is 0.408 e. The molecule has 4 bridgehead atoms. The van der Waals surface area contributed by atoms with Crippen LogP contribution in [0, 0.1) is 23.2 Å². The van der Waals surface area contributed by atoms with Gasteiger partial charge in [0, 0.05) is 11.5 Å². The van der Waals surface area contributed by atoms with E-state index in [-0.39, 0.29) is 17.9 Å². The molecule has 4 N–H and O–H groups in total. The van der Waals surface area contributed by atoms with Crippen LogP contribution in [0.3, 0.4) is 0 Å². The highest BCUT2D eigenvalue weighted by Gasteiger charge is 2.62. The zero-order chi connectivity index (χ0) is 23.6. The van der Waals surface area contributed by atoms with E-state index in [1.54, 1.807) is 25.7 Å². The van der Waals surface area contributed by atoms with Gasteiger partial charge in [0.2, 0.25) is 11.8 Å². The largest absolute Gasteiger partial charge is 0.444 e. The summed E-state index contributed by atoms with van der Waals surface area (Å²) in [7, 11) is 0. The van der Waals surface area contributed by atoms with Crippen LogP contribution in [0.2, 0.25) is 0 Å². The summed E-state index contributed by atoms with van der Waals surface area (Å²) in [5.74, 6) is 0.0219. The van der Waals surface area contributed by atoms with E-state index < -0.39 is 40.7 Å². The highest BCUT2D eigenvalue weighted by molar-refractivity contribution is 5.92. The predicted molar refractivity (Wildman–Crippen MR) is 118 cm³/mol. The Labute approximate surface area is 190 Å². The molecule has 0 aromatic carbocycles. The summed E-state index contributed by atoms with van der Waals surface area (Å²) in [5, 5.41) is 14.2. The van der Waals surface area contributed by atoms with Crippen molar-refractivity contribution in [2.75, 3.05) is 0 Å². The van der Waals surface area contributed by atoms with Crippen LogP contribution < -0.4 is 11.1 Å². The number of hydrogen-bond donors (Lipinski definition) is 3. The second-order valence-corrected chi connectivity index (χ2v) is 12.2. The topological polar surface area (TPSA) is 122 Å². The van der Waals surface area contributed by atoms with Crippen LogP contribution >= 0.6 is 0 Å². The van der Waals surface area contributed by atoms with E-state index in [2.05, 4.69) is 5.32 Å². The Morgan fingerprint density at radius 3 is 2.19 bits per heavy atom. The minimum Gasteiger partial charge on any atom is -0.444 e. The standard InChI is InChI=1S/C24H39N3O5/c1-13-6-17(19(25)28)27(14(13)2)20(29)18(26-21(30)32-22(3,4)5)23-8-15-7-16(9-23)11-24(31,10-15)12-23/h13-18,31H,6-12H2,1-5H3,(H2,25,28)(H,26,30)/t13?,14?,15?,16?,17-,18+,23?,24?/m0/s1. The van der Waals surface area contributed by atoms with Crippen LogP contribution in [0.15, 0.2) is 0 Å². The van der Waals surface area contributed by atoms with Crippen molar-refractivity contribution in [2.45, 2.75) is 109 Å². The van der Waals surface area contributed by atoms with Gasteiger partial charge in [-0.05, 0) is 90.4 Å². The summed E-state index contributed by atoms with van der Waals surface area (Å²) in [4.78, 5) is 40.8. The SMILES string of the molecule is CC1C[C@@H](C(N)=O)N(C(=O)[C@@H](NC(=O)OC(C)(C)C)C23CC4CC(CC(O)(C4)C2)C3)C1C. The molecule has 180 valence electrons. The lowest BCUT2D eigenvalue weighted by atomic mass is 9.46. The Morgan fingerprint density at radius 1 is 1.09 bits per heavy atom. The molecule has 1 aliphatic heterocycles. The Balaban J connectivity index is 1.69. The molecule has 3 amide bonds. The third-order valence-electron chi connectivity index (χ3n) is 8.37. The van der Waals surface area contributed by atoms with Crippen LogP contribution in [-0.2, 0) is 14.3 Å². The summed E-state index contributed by atoms with van der Waals surface area (Å²) in [6.45, 7) is 9.29. The molecule has 1 heterocycles. The molecule has 4 aliphatic carbocycles. The van der Waals surface area contributed by atoms with Gasteiger partial charge in [0.15, 0.2) is 0 Å². The zero-order valence-electron chi connectivity index (χ0n) is 20.0. The average Bonchev–Trinajstić information content (AvgIpc) is 2.91. The van der Waals surface area contributed by atoms with E-state index in [0.717, 1.165) is 32.1 Å². The predicted octanol–water partition coefficient (Wildman–Crippen LogP) is 2.32. The Morgan fingerprint density at radius 2 is 1.69 bits per heavy atom. The van der Waals surface area contributed by atoms with Gasteiger partial charge in [0.1, 0.15) is 17.7 Å². The van der Waals surface area contributed by atoms with Gasteiger partial charge in [-0.25, -0.2) is 4.79 Å². The van der Waals surface area contributed by atoms with Gasteiger partial charge in [-0.3, -0.25) is 9.59 Å². The number of rotatable bonds is 4. The van der Waals surface area contributed by atoms with Gasteiger partial charge < -0.3 is 25.8 Å². The molecule has 5 aliphatic rings. The minimum atomic E-state index is -0.857. The maximum atomic E-state index is 14.1. The van der Waals surface area contributed by atoms with Crippen LogP contribution in [0.25, 0.3) is 0 Å². The number of carbonyl (C=O) groups is 3. The van der Waals surface area contributed by atoms with E-state index in [0.29, 0.717) is 24.7 Å². The number of nitrogens with one attached hydrogen (secondary N) is 1. The van der Waals surface area contributed by atoms with Crippen LogP contribution in [-0.4, -0.2) is 57.2 Å². The van der Waals surface area contributed by atoms with Gasteiger partial charge >= 0.3 is 6.09 Å². The van der Waals surface area contributed by atoms with Crippen molar-refractivity contribution in [2.24, 2.45) is 28.9 Å². The first-order valence-corrected chi connectivity index (χ1v) is 12.1. The molecule has 5 fully saturated rings. The fourth-order valence-electron chi connectivity index (χ4n) is 7.50. The minimum absolute atomic E-state index is 0.124. The van der Waals surface area contributed by atoms with Crippen LogP contribution in [0.1, 0.15) is 79.6 Å². The van der Waals surface area contributed by atoms with E-state index in [1.165, 1.54) is 0 Å². The third kappa shape index (κ3) is 4.11. The number of likely N-dealkylation sites (tertiary alicyclic amines) is 1. The van der Waals surface area contributed by atoms with Gasteiger partial charge in [-0.15, -0.1) is 0 Å². The summed E-state index contributed by atoms with van der Waals surface area (Å²) >= 11 is 0. The summed E-state index contributed by atoms with van der Waals surface area (Å²) in [6, 6.07) is -1.71. The second-order valence-electron chi connectivity index (χ2n) is 12.2. The van der Waals surface area contributed by atoms with E-state index in [4.69, 9.17) is 10.5 Å². The van der Waals surface area contributed by atoms with E-state index in [9.17, 15) is 19.5 Å². The first-order chi connectivity index (χ1) is 14.7. The van der Waals surface area contributed by atoms with Crippen molar-refractivity contribution in [3.8, 4) is 0 Å². The van der Waals surface area contributed by atoms with Crippen molar-refractivity contribution in [1.29, 1.82) is 0 Å². The number of nitrogens with zero attached hydrogens (tertiary/aromatic N) is 1. The van der Waals surface area contributed by atoms with Crippen molar-refractivity contribution >= 4 is 17.9 Å². The van der Waals surface area contributed by atoms with Crippen LogP contribution in [0.4, 0.5) is 4.79 Å². The van der Waals surface area contributed by atoms with Crippen molar-refractivity contribution < 1.29 is 24.2 Å². The molecule has 6 atom stereocenters. The number of carbonyl (C=O) groups excluding carboxylic acids is 3. The highest BCUT2D eigenvalue weighted by Crippen LogP contribution is 2.63. The zero-order valence-corrected chi connectivity index (χ0v) is 20.0. The van der Waals surface area contributed by atoms with Crippen molar-refractivity contribution in [1.82, 2.24) is 10.2 Å². The number of primary amides is 1. The van der Waals surface area contributed by atoms with Gasteiger partial charge in [0.05, 0.1) is 5.60 Å². The van der Waals surface area contributed by atoms with E-state index >= 15 is 0 Å². The molecule has 5 rings (SSSR count). The molecule has 0 aromatic heterocycles. The summed E-state index contributed by atoms with van der Waals surface area (Å²) in [5.41, 5.74) is 3.64. The van der Waals surface area contributed by atoms with Gasteiger partial charge in [-0.2, -0.15) is 0 Å². The fourth-order valence-corrected chi connectivity index (χ4v) is 7.50. The molecule has 4 saturated carbocycles. The molecule has 0 radical (unpaired) electrons. The molecule has 0 spiro atoms. The lowest BCUT2D eigenvalue weighted by Gasteiger charge is -2.62. The molecular formula is C24H39N3O5. The smallest absolute Gasteiger partial charge is 0.408 e. The third-order valence-corrected chi connectivity index (χ3v) is 8.37. The first-order valence-electron chi connectivity index (χ1n) is 12.1. The fraction of sp³-hybridized carbons (Fsp3) is 0.875. The number of nitrogens with two attached hydrogens (primary N) is 1.